The van der Waals surface area contributed by atoms with E-state index in [0.29, 0.717) is 30.8 Å². The molecule has 11 nitrogen and oxygen atoms in total. The number of nitrogens with two attached hydrogens (primary N) is 1. The van der Waals surface area contributed by atoms with Gasteiger partial charge in [0.2, 0.25) is 0 Å². The van der Waals surface area contributed by atoms with E-state index < -0.39 is 35.4 Å². The Bertz CT molecular complexity index is 1530. The number of hydrogen-bond donors (Lipinski definition) is 2. The Kier molecular flexibility index (Phi) is 8.94. The third-order valence-electron chi connectivity index (χ3n) is 7.04. The molecule has 2 aromatic rings. The molecule has 1 saturated heterocycles. The van der Waals surface area contributed by atoms with Crippen molar-refractivity contribution >= 4 is 29.4 Å². The highest BCUT2D eigenvalue weighted by atomic mass is 19.1. The smallest absolute Gasteiger partial charge is 0.407 e. The normalized spacial score (nSPS) is 18.7. The number of benzene rings is 2. The van der Waals surface area contributed by atoms with Gasteiger partial charge in [0.15, 0.2) is 0 Å². The first-order valence-electron chi connectivity index (χ1n) is 13.6. The molecule has 0 saturated carbocycles. The molecule has 2 atom stereocenters. The van der Waals surface area contributed by atoms with Crippen molar-refractivity contribution in [3.05, 3.63) is 82.6 Å². The standard InChI is InChI=1S/C31H34FN5O6/c1-31(2,3)43-30(40)35-20-13-14-36(17-20)22-12-11-19(32)15-23(22)37-26(29(39)42-5)25(28(38)41-4)24(21(16-33)27(37)34)18-9-7-6-8-10-18/h6-12,15,20,24H,13-14,17,34H2,1-5H3,(H,35,40). The quantitative estimate of drug-likeness (QED) is 0.375. The number of allylic oxidation sites excluding steroid dienone is 1. The van der Waals surface area contributed by atoms with Crippen molar-refractivity contribution < 1.29 is 33.0 Å². The maximum Gasteiger partial charge on any atom is 0.407 e. The first-order chi connectivity index (χ1) is 20.4. The van der Waals surface area contributed by atoms with Crippen LogP contribution in [-0.4, -0.2) is 57.0 Å². The van der Waals surface area contributed by atoms with Crippen LogP contribution in [0.25, 0.3) is 0 Å². The highest BCUT2D eigenvalue weighted by molar-refractivity contribution is 6.07. The van der Waals surface area contributed by atoms with E-state index in [4.69, 9.17) is 19.9 Å². The lowest BCUT2D eigenvalue weighted by molar-refractivity contribution is -0.139. The third kappa shape index (κ3) is 6.40. The van der Waals surface area contributed by atoms with Crippen LogP contribution < -0.4 is 20.9 Å². The lowest BCUT2D eigenvalue weighted by atomic mass is 9.81. The Balaban J connectivity index is 1.86. The van der Waals surface area contributed by atoms with Crippen LogP contribution in [0.2, 0.25) is 0 Å². The van der Waals surface area contributed by atoms with Crippen LogP contribution in [0, 0.1) is 17.1 Å². The van der Waals surface area contributed by atoms with E-state index in [1.54, 1.807) is 51.1 Å². The summed E-state index contributed by atoms with van der Waals surface area (Å²) in [6.07, 6.45) is -0.0141. The number of amides is 1. The average Bonchev–Trinajstić information content (AvgIpc) is 3.42. The van der Waals surface area contributed by atoms with Crippen molar-refractivity contribution in [2.75, 3.05) is 37.1 Å². The van der Waals surface area contributed by atoms with Gasteiger partial charge in [0, 0.05) is 19.2 Å². The van der Waals surface area contributed by atoms with Crippen LogP contribution in [0.1, 0.15) is 38.7 Å². The van der Waals surface area contributed by atoms with Crippen molar-refractivity contribution in [1.82, 2.24) is 5.32 Å². The minimum atomic E-state index is -1.06. The molecule has 0 aromatic heterocycles. The summed E-state index contributed by atoms with van der Waals surface area (Å²) in [5, 5.41) is 13.2. The van der Waals surface area contributed by atoms with Gasteiger partial charge < -0.3 is 30.2 Å². The summed E-state index contributed by atoms with van der Waals surface area (Å²) in [6, 6.07) is 14.3. The van der Waals surface area contributed by atoms with Gasteiger partial charge in [-0.1, -0.05) is 30.3 Å². The Morgan fingerprint density at radius 2 is 1.72 bits per heavy atom. The molecule has 2 aliphatic heterocycles. The van der Waals surface area contributed by atoms with E-state index in [0.717, 1.165) is 20.3 Å². The van der Waals surface area contributed by atoms with Gasteiger partial charge in [-0.05, 0) is 44.9 Å². The van der Waals surface area contributed by atoms with Crippen molar-refractivity contribution in [1.29, 1.82) is 5.26 Å². The maximum atomic E-state index is 14.9. The van der Waals surface area contributed by atoms with Crippen LogP contribution >= 0.6 is 0 Å². The fourth-order valence-electron chi connectivity index (χ4n) is 5.28. The van der Waals surface area contributed by atoms with Crippen molar-refractivity contribution in [3.63, 3.8) is 0 Å². The molecule has 226 valence electrons. The molecule has 0 bridgehead atoms. The van der Waals surface area contributed by atoms with Gasteiger partial charge in [-0.15, -0.1) is 0 Å². The minimum Gasteiger partial charge on any atom is -0.466 e. The maximum absolute atomic E-state index is 14.9. The lowest BCUT2D eigenvalue weighted by Crippen LogP contribution is -2.42. The number of halogens is 1. The second kappa shape index (κ2) is 12.4. The molecule has 2 unspecified atom stereocenters. The zero-order valence-corrected chi connectivity index (χ0v) is 24.6. The average molecular weight is 592 g/mol. The number of nitrogens with zero attached hydrogens (tertiary/aromatic N) is 3. The van der Waals surface area contributed by atoms with Gasteiger partial charge in [0.1, 0.15) is 22.9 Å². The molecule has 2 aromatic carbocycles. The van der Waals surface area contributed by atoms with Crippen molar-refractivity contribution in [3.8, 4) is 6.07 Å². The summed E-state index contributed by atoms with van der Waals surface area (Å²) in [5.41, 5.74) is 6.46. The van der Waals surface area contributed by atoms with Crippen LogP contribution in [0.4, 0.5) is 20.6 Å². The number of nitrogens with one attached hydrogen (secondary N) is 1. The fourth-order valence-corrected chi connectivity index (χ4v) is 5.28. The van der Waals surface area contributed by atoms with Crippen molar-refractivity contribution in [2.24, 2.45) is 5.73 Å². The summed E-state index contributed by atoms with van der Waals surface area (Å²) in [5.74, 6) is -3.72. The van der Waals surface area contributed by atoms with E-state index in [-0.39, 0.29) is 34.4 Å². The first kappa shape index (κ1) is 30.9. The van der Waals surface area contributed by atoms with Gasteiger partial charge in [0.25, 0.3) is 0 Å². The largest absolute Gasteiger partial charge is 0.466 e. The molecule has 3 N–H and O–H groups in total. The third-order valence-corrected chi connectivity index (χ3v) is 7.04. The molecule has 2 aliphatic rings. The summed E-state index contributed by atoms with van der Waals surface area (Å²) >= 11 is 0. The number of hydrogen-bond acceptors (Lipinski definition) is 10. The number of methoxy groups -OCH3 is 2. The Labute approximate surface area is 249 Å². The number of rotatable bonds is 6. The number of alkyl carbamates (subject to hydrolysis) is 1. The zero-order valence-electron chi connectivity index (χ0n) is 24.6. The molecule has 43 heavy (non-hydrogen) atoms. The fraction of sp³-hybridized carbons (Fsp3) is 0.355. The second-order valence-corrected chi connectivity index (χ2v) is 11.0. The number of ether oxygens (including phenoxy) is 3. The van der Waals surface area contributed by atoms with E-state index in [9.17, 15) is 24.0 Å². The number of anilines is 2. The Morgan fingerprint density at radius 1 is 1.05 bits per heavy atom. The lowest BCUT2D eigenvalue weighted by Gasteiger charge is -2.37. The van der Waals surface area contributed by atoms with Gasteiger partial charge in [-0.25, -0.2) is 18.8 Å². The van der Waals surface area contributed by atoms with Gasteiger partial charge in [0.05, 0.1) is 54.8 Å². The van der Waals surface area contributed by atoms with Crippen LogP contribution in [-0.2, 0) is 23.8 Å². The summed E-state index contributed by atoms with van der Waals surface area (Å²) < 4.78 is 30.5. The molecule has 0 radical (unpaired) electrons. The predicted molar refractivity (Wildman–Crippen MR) is 156 cm³/mol. The molecule has 1 fully saturated rings. The monoisotopic (exact) mass is 591 g/mol. The van der Waals surface area contributed by atoms with Gasteiger partial charge in [-0.3, -0.25) is 4.90 Å². The summed E-state index contributed by atoms with van der Waals surface area (Å²) in [6.45, 7) is 6.08. The molecule has 0 aliphatic carbocycles. The first-order valence-corrected chi connectivity index (χ1v) is 13.6. The zero-order chi connectivity index (χ0) is 31.5. The van der Waals surface area contributed by atoms with Crippen LogP contribution in [0.15, 0.2) is 71.2 Å². The van der Waals surface area contributed by atoms with Crippen molar-refractivity contribution in [2.45, 2.75) is 44.8 Å². The Morgan fingerprint density at radius 3 is 2.33 bits per heavy atom. The highest BCUT2D eigenvalue weighted by Gasteiger charge is 2.44. The second-order valence-electron chi connectivity index (χ2n) is 11.0. The summed E-state index contributed by atoms with van der Waals surface area (Å²) in [4.78, 5) is 42.2. The SMILES string of the molecule is COC(=O)C1=C(C(=O)OC)N(c2cc(F)ccc2N2CCC(NC(=O)OC(C)(C)C)C2)C(N)=C(C#N)C1c1ccccc1. The van der Waals surface area contributed by atoms with Crippen LogP contribution in [0.3, 0.4) is 0 Å². The molecule has 1 amide bonds. The number of nitriles is 1. The van der Waals surface area contributed by atoms with Gasteiger partial charge >= 0.3 is 18.0 Å². The molecular weight excluding hydrogens is 557 g/mol. The molecule has 12 heteroatoms. The molecule has 0 spiro atoms. The molecule has 2 heterocycles. The van der Waals surface area contributed by atoms with E-state index in [1.165, 1.54) is 17.0 Å². The number of esters is 2. The van der Waals surface area contributed by atoms with Crippen LogP contribution in [0.5, 0.6) is 0 Å². The highest BCUT2D eigenvalue weighted by Crippen LogP contribution is 2.45. The number of carbonyl (C=O) groups excluding carboxylic acids is 3. The topological polar surface area (TPSA) is 147 Å². The molecular formula is C31H34FN5O6. The van der Waals surface area contributed by atoms with E-state index in [1.807, 2.05) is 4.90 Å². The van der Waals surface area contributed by atoms with E-state index >= 15 is 0 Å². The minimum absolute atomic E-state index is 0.0413. The Hall–Kier alpha value is -5.05. The summed E-state index contributed by atoms with van der Waals surface area (Å²) in [7, 11) is 2.29. The number of carbonyl (C=O) groups is 3. The molecule has 4 rings (SSSR count). The van der Waals surface area contributed by atoms with E-state index in [2.05, 4.69) is 11.4 Å². The predicted octanol–water partition coefficient (Wildman–Crippen LogP) is 3.83. The van der Waals surface area contributed by atoms with Gasteiger partial charge in [-0.2, -0.15) is 5.26 Å².